The normalized spacial score (nSPS) is 23.7. The molecule has 0 unspecified atom stereocenters. The first-order chi connectivity index (χ1) is 11.9. The van der Waals surface area contributed by atoms with E-state index in [4.69, 9.17) is 18.9 Å². The maximum absolute atomic E-state index is 12.3. The van der Waals surface area contributed by atoms with Gasteiger partial charge >= 0.3 is 17.9 Å². The van der Waals surface area contributed by atoms with Crippen LogP contribution in [0.2, 0.25) is 0 Å². The van der Waals surface area contributed by atoms with Gasteiger partial charge in [0.15, 0.2) is 6.10 Å². The lowest BCUT2D eigenvalue weighted by Crippen LogP contribution is -2.52. The van der Waals surface area contributed by atoms with E-state index < -0.39 is 47.0 Å². The Morgan fingerprint density at radius 1 is 1.04 bits per heavy atom. The Labute approximate surface area is 155 Å². The summed E-state index contributed by atoms with van der Waals surface area (Å²) in [5.74, 6) is -1.47. The Morgan fingerprint density at radius 3 is 2.12 bits per heavy atom. The summed E-state index contributed by atoms with van der Waals surface area (Å²) in [6.45, 7) is 13.9. The van der Waals surface area contributed by atoms with E-state index in [2.05, 4.69) is 6.58 Å². The van der Waals surface area contributed by atoms with E-state index in [0.717, 1.165) is 6.08 Å². The zero-order valence-corrected chi connectivity index (χ0v) is 16.5. The Balaban J connectivity index is 2.92. The molecule has 0 saturated carbocycles. The molecule has 0 bridgehead atoms. The van der Waals surface area contributed by atoms with Crippen LogP contribution in [0.4, 0.5) is 0 Å². The second-order valence-corrected chi connectivity index (χ2v) is 8.35. The molecule has 3 atom stereocenters. The van der Waals surface area contributed by atoms with Crippen molar-refractivity contribution in [3.05, 3.63) is 12.7 Å². The van der Waals surface area contributed by atoms with Crippen LogP contribution >= 0.6 is 0 Å². The maximum atomic E-state index is 12.3. The quantitative estimate of drug-likeness (QED) is 0.417. The molecule has 0 amide bonds. The first-order valence-electron chi connectivity index (χ1n) is 8.69. The molecule has 1 aliphatic rings. The molecule has 0 aromatic rings. The first kappa shape index (κ1) is 22.2. The molecular formula is C19H30O7. The van der Waals surface area contributed by atoms with Gasteiger partial charge in [-0.1, -0.05) is 6.58 Å². The number of ether oxygens (including phenoxy) is 4. The van der Waals surface area contributed by atoms with E-state index in [-0.39, 0.29) is 13.2 Å². The van der Waals surface area contributed by atoms with Gasteiger partial charge in [0.05, 0.1) is 17.4 Å². The van der Waals surface area contributed by atoms with E-state index in [1.165, 1.54) is 0 Å². The zero-order valence-electron chi connectivity index (χ0n) is 16.5. The fraction of sp³-hybridized carbons (Fsp3) is 0.737. The molecule has 0 N–H and O–H groups in total. The van der Waals surface area contributed by atoms with Crippen LogP contribution in [0.1, 0.15) is 48.0 Å². The third-order valence-electron chi connectivity index (χ3n) is 3.75. The number of esters is 3. The minimum Gasteiger partial charge on any atom is -0.462 e. The summed E-state index contributed by atoms with van der Waals surface area (Å²) in [6.07, 6.45) is -0.868. The van der Waals surface area contributed by atoms with Crippen molar-refractivity contribution in [3.8, 4) is 0 Å². The maximum Gasteiger partial charge on any atom is 0.330 e. The summed E-state index contributed by atoms with van der Waals surface area (Å²) in [5.41, 5.74) is -1.40. The molecule has 148 valence electrons. The fourth-order valence-corrected chi connectivity index (χ4v) is 2.13. The topological polar surface area (TPSA) is 88.1 Å². The molecule has 0 aliphatic carbocycles. The predicted molar refractivity (Wildman–Crippen MR) is 94.2 cm³/mol. The number of carbonyl (C=O) groups is 3. The van der Waals surface area contributed by atoms with Gasteiger partial charge in [0.1, 0.15) is 18.8 Å². The Bertz CT molecular complexity index is 539. The molecule has 1 fully saturated rings. The largest absolute Gasteiger partial charge is 0.462 e. The molecule has 1 rings (SSSR count). The molecule has 1 saturated heterocycles. The van der Waals surface area contributed by atoms with Crippen molar-refractivity contribution in [2.45, 2.75) is 66.3 Å². The molecule has 7 nitrogen and oxygen atoms in total. The molecular weight excluding hydrogens is 340 g/mol. The van der Waals surface area contributed by atoms with E-state index in [1.54, 1.807) is 41.5 Å². The Kier molecular flexibility index (Phi) is 7.38. The van der Waals surface area contributed by atoms with E-state index in [0.29, 0.717) is 6.42 Å². The van der Waals surface area contributed by atoms with E-state index in [9.17, 15) is 14.4 Å². The summed E-state index contributed by atoms with van der Waals surface area (Å²) >= 11 is 0. The lowest BCUT2D eigenvalue weighted by atomic mass is 9.96. The minimum absolute atomic E-state index is 0.0969. The molecule has 7 heteroatoms. The summed E-state index contributed by atoms with van der Waals surface area (Å²) in [4.78, 5) is 36.0. The molecule has 26 heavy (non-hydrogen) atoms. The molecule has 0 aromatic carbocycles. The number of hydrogen-bond acceptors (Lipinski definition) is 7. The molecule has 0 radical (unpaired) electrons. The van der Waals surface area contributed by atoms with Gasteiger partial charge in [0, 0.05) is 12.5 Å². The fourth-order valence-electron chi connectivity index (χ4n) is 2.13. The second-order valence-electron chi connectivity index (χ2n) is 8.35. The highest BCUT2D eigenvalue weighted by molar-refractivity contribution is 5.81. The van der Waals surface area contributed by atoms with Crippen molar-refractivity contribution in [3.63, 3.8) is 0 Å². The molecule has 0 spiro atoms. The highest BCUT2D eigenvalue weighted by Crippen LogP contribution is 2.26. The summed E-state index contributed by atoms with van der Waals surface area (Å²) in [5, 5.41) is 0. The number of hydrogen-bond donors (Lipinski definition) is 0. The average molecular weight is 370 g/mol. The van der Waals surface area contributed by atoms with Crippen molar-refractivity contribution in [2.24, 2.45) is 10.8 Å². The summed E-state index contributed by atoms with van der Waals surface area (Å²) < 4.78 is 21.8. The van der Waals surface area contributed by atoms with E-state index >= 15 is 0 Å². The van der Waals surface area contributed by atoms with Crippen molar-refractivity contribution in [1.29, 1.82) is 0 Å². The molecule has 0 aromatic heterocycles. The van der Waals surface area contributed by atoms with E-state index in [1.807, 2.05) is 0 Å². The van der Waals surface area contributed by atoms with Crippen molar-refractivity contribution >= 4 is 17.9 Å². The van der Waals surface area contributed by atoms with Gasteiger partial charge in [-0.15, -0.1) is 0 Å². The van der Waals surface area contributed by atoms with Crippen molar-refractivity contribution in [2.75, 3.05) is 13.2 Å². The third-order valence-corrected chi connectivity index (χ3v) is 3.75. The lowest BCUT2D eigenvalue weighted by molar-refractivity contribution is -0.206. The second kappa shape index (κ2) is 8.66. The Morgan fingerprint density at radius 2 is 1.62 bits per heavy atom. The van der Waals surface area contributed by atoms with Crippen LogP contribution in [-0.2, 0) is 33.3 Å². The molecule has 1 aliphatic heterocycles. The third kappa shape index (κ3) is 6.44. The summed E-state index contributed by atoms with van der Waals surface area (Å²) in [6, 6.07) is 0. The van der Waals surface area contributed by atoms with Crippen LogP contribution in [0.25, 0.3) is 0 Å². The molecule has 1 heterocycles. The minimum atomic E-state index is -0.868. The first-order valence-corrected chi connectivity index (χ1v) is 8.69. The lowest BCUT2D eigenvalue weighted by Gasteiger charge is -2.37. The Hall–Kier alpha value is -1.89. The average Bonchev–Trinajstić information content (AvgIpc) is 2.52. The van der Waals surface area contributed by atoms with Crippen molar-refractivity contribution in [1.82, 2.24) is 0 Å². The van der Waals surface area contributed by atoms with Crippen LogP contribution in [0.3, 0.4) is 0 Å². The standard InChI is InChI=1S/C19H30O7/c1-8-14(20)25-12-9-10-23-13(11-24-16(21)18(2,3)4)15(12)26-17(22)19(5,6)7/h8,12-13,15H,1,9-11H2,2-7H3/t12-,13-,15+/m1/s1. The van der Waals surface area contributed by atoms with Gasteiger partial charge in [-0.2, -0.15) is 0 Å². The number of carbonyl (C=O) groups excluding carboxylic acids is 3. The summed E-state index contributed by atoms with van der Waals surface area (Å²) in [7, 11) is 0. The smallest absolute Gasteiger partial charge is 0.330 e. The zero-order chi connectivity index (χ0) is 20.1. The van der Waals surface area contributed by atoms with Gasteiger partial charge in [-0.3, -0.25) is 9.59 Å². The SMILES string of the molecule is C=CC(=O)O[C@@H]1CCO[C@H](COC(=O)C(C)(C)C)[C@H]1OC(=O)C(C)(C)C. The van der Waals surface area contributed by atoms with Gasteiger partial charge in [-0.05, 0) is 41.5 Å². The monoisotopic (exact) mass is 370 g/mol. The van der Waals surface area contributed by atoms with Crippen LogP contribution in [0, 0.1) is 10.8 Å². The van der Waals surface area contributed by atoms with Gasteiger partial charge < -0.3 is 18.9 Å². The van der Waals surface area contributed by atoms with Crippen LogP contribution in [0.5, 0.6) is 0 Å². The van der Waals surface area contributed by atoms with Gasteiger partial charge in [0.2, 0.25) is 0 Å². The van der Waals surface area contributed by atoms with Gasteiger partial charge in [0.25, 0.3) is 0 Å². The van der Waals surface area contributed by atoms with Gasteiger partial charge in [-0.25, -0.2) is 4.79 Å². The van der Waals surface area contributed by atoms with Crippen molar-refractivity contribution < 1.29 is 33.3 Å². The highest BCUT2D eigenvalue weighted by Gasteiger charge is 2.42. The van der Waals surface area contributed by atoms with Crippen LogP contribution in [-0.4, -0.2) is 49.4 Å². The highest BCUT2D eigenvalue weighted by atomic mass is 16.6. The van der Waals surface area contributed by atoms with Crippen LogP contribution in [0.15, 0.2) is 12.7 Å². The van der Waals surface area contributed by atoms with Crippen LogP contribution < -0.4 is 0 Å². The predicted octanol–water partition coefficient (Wildman–Crippen LogP) is 2.42. The number of rotatable bonds is 5.